The van der Waals surface area contributed by atoms with Crippen LogP contribution < -0.4 is 0 Å². The van der Waals surface area contributed by atoms with Crippen molar-refractivity contribution in [3.63, 3.8) is 0 Å². The average molecular weight is 202 g/mol. The van der Waals surface area contributed by atoms with E-state index in [0.717, 1.165) is 5.56 Å². The van der Waals surface area contributed by atoms with Crippen LogP contribution in [0.1, 0.15) is 21.9 Å². The second-order valence-corrected chi connectivity index (χ2v) is 3.25. The largest absolute Gasteiger partial charge is 0.283 e. The van der Waals surface area contributed by atoms with Crippen molar-refractivity contribution in [2.24, 2.45) is 7.05 Å². The molecule has 5 nitrogen and oxygen atoms in total. The molecule has 0 saturated carbocycles. The highest BCUT2D eigenvalue weighted by atomic mass is 16.1. The highest BCUT2D eigenvalue weighted by Crippen LogP contribution is 2.05. The van der Waals surface area contributed by atoms with E-state index < -0.39 is 0 Å². The van der Waals surface area contributed by atoms with Crippen LogP contribution >= 0.6 is 0 Å². The molecule has 0 spiro atoms. The summed E-state index contributed by atoms with van der Waals surface area (Å²) in [5.41, 5.74) is 1.39. The Labute approximate surface area is 86.8 Å². The maximum atomic E-state index is 11.9. The van der Waals surface area contributed by atoms with Crippen LogP contribution in [0.4, 0.5) is 0 Å². The lowest BCUT2D eigenvalue weighted by Gasteiger charge is -1.99. The third-order valence-electron chi connectivity index (χ3n) is 2.06. The molecular formula is C10H10N4O. The quantitative estimate of drug-likeness (QED) is 0.674. The number of aromatic nitrogens is 4. The Morgan fingerprint density at radius 2 is 2.20 bits per heavy atom. The first-order chi connectivity index (χ1) is 7.18. The number of ketones is 1. The Kier molecular flexibility index (Phi) is 2.29. The molecule has 0 aliphatic rings. The van der Waals surface area contributed by atoms with E-state index >= 15 is 0 Å². The second kappa shape index (κ2) is 3.61. The van der Waals surface area contributed by atoms with Gasteiger partial charge in [0.2, 0.25) is 11.6 Å². The SMILES string of the molecule is Cc1ccnc(C(=O)c2ncnn2C)c1. The van der Waals surface area contributed by atoms with Gasteiger partial charge in [0.25, 0.3) is 0 Å². The zero-order chi connectivity index (χ0) is 10.8. The molecule has 0 atom stereocenters. The molecule has 76 valence electrons. The molecule has 0 aliphatic carbocycles. The number of aryl methyl sites for hydroxylation is 2. The Morgan fingerprint density at radius 1 is 1.40 bits per heavy atom. The monoisotopic (exact) mass is 202 g/mol. The van der Waals surface area contributed by atoms with Gasteiger partial charge in [-0.25, -0.2) is 9.67 Å². The van der Waals surface area contributed by atoms with Crippen LogP contribution in [0.2, 0.25) is 0 Å². The summed E-state index contributed by atoms with van der Waals surface area (Å²) in [5.74, 6) is 0.0896. The molecule has 2 heterocycles. The number of carbonyl (C=O) groups is 1. The third-order valence-corrected chi connectivity index (χ3v) is 2.06. The minimum absolute atomic E-state index is 0.210. The number of hydrogen-bond donors (Lipinski definition) is 0. The van der Waals surface area contributed by atoms with Crippen molar-refractivity contribution in [3.8, 4) is 0 Å². The van der Waals surface area contributed by atoms with E-state index in [1.165, 1.54) is 11.0 Å². The summed E-state index contributed by atoms with van der Waals surface area (Å²) in [7, 11) is 1.68. The zero-order valence-corrected chi connectivity index (χ0v) is 8.51. The average Bonchev–Trinajstić information content (AvgIpc) is 2.63. The number of carbonyl (C=O) groups excluding carboxylic acids is 1. The number of rotatable bonds is 2. The summed E-state index contributed by atoms with van der Waals surface area (Å²) in [5, 5.41) is 3.84. The summed E-state index contributed by atoms with van der Waals surface area (Å²) in [6, 6.07) is 3.57. The van der Waals surface area contributed by atoms with E-state index in [2.05, 4.69) is 15.1 Å². The molecule has 2 aromatic rings. The highest BCUT2D eigenvalue weighted by molar-refractivity contribution is 6.05. The Morgan fingerprint density at radius 3 is 2.80 bits per heavy atom. The van der Waals surface area contributed by atoms with E-state index in [9.17, 15) is 4.79 Å². The molecule has 0 N–H and O–H groups in total. The highest BCUT2D eigenvalue weighted by Gasteiger charge is 2.15. The van der Waals surface area contributed by atoms with Crippen LogP contribution in [0.5, 0.6) is 0 Å². The Bertz CT molecular complexity index is 504. The van der Waals surface area contributed by atoms with E-state index in [1.807, 2.05) is 13.0 Å². The normalized spacial score (nSPS) is 10.3. The van der Waals surface area contributed by atoms with E-state index in [1.54, 1.807) is 19.3 Å². The van der Waals surface area contributed by atoms with Gasteiger partial charge in [0.05, 0.1) is 0 Å². The molecule has 2 rings (SSSR count). The standard InChI is InChI=1S/C10H10N4O/c1-7-3-4-11-8(5-7)9(15)10-12-6-13-14(10)2/h3-6H,1-2H3. The lowest BCUT2D eigenvalue weighted by molar-refractivity contribution is 0.102. The predicted molar refractivity (Wildman–Crippen MR) is 53.4 cm³/mol. The van der Waals surface area contributed by atoms with Gasteiger partial charge in [-0.3, -0.25) is 9.78 Å². The molecule has 0 amide bonds. The topological polar surface area (TPSA) is 60.7 Å². The zero-order valence-electron chi connectivity index (χ0n) is 8.51. The van der Waals surface area contributed by atoms with Crippen LogP contribution in [-0.2, 0) is 7.05 Å². The molecule has 0 saturated heterocycles. The first kappa shape index (κ1) is 9.51. The van der Waals surface area contributed by atoms with Crippen molar-refractivity contribution in [2.75, 3.05) is 0 Å². The maximum Gasteiger partial charge on any atom is 0.248 e. The summed E-state index contributed by atoms with van der Waals surface area (Å²) < 4.78 is 1.44. The fourth-order valence-electron chi connectivity index (χ4n) is 1.28. The van der Waals surface area contributed by atoms with E-state index in [-0.39, 0.29) is 5.78 Å². The Balaban J connectivity index is 2.41. The van der Waals surface area contributed by atoms with Gasteiger partial charge in [0.1, 0.15) is 12.0 Å². The summed E-state index contributed by atoms with van der Waals surface area (Å²) in [6.45, 7) is 1.91. The van der Waals surface area contributed by atoms with Gasteiger partial charge >= 0.3 is 0 Å². The summed E-state index contributed by atoms with van der Waals surface area (Å²) in [4.78, 5) is 19.8. The lowest BCUT2D eigenvalue weighted by atomic mass is 10.2. The van der Waals surface area contributed by atoms with Crippen molar-refractivity contribution in [1.29, 1.82) is 0 Å². The minimum atomic E-state index is -0.210. The number of pyridine rings is 1. The molecule has 15 heavy (non-hydrogen) atoms. The van der Waals surface area contributed by atoms with E-state index in [4.69, 9.17) is 0 Å². The van der Waals surface area contributed by atoms with Gasteiger partial charge in [-0.15, -0.1) is 0 Å². The molecule has 0 aromatic carbocycles. The van der Waals surface area contributed by atoms with Crippen molar-refractivity contribution in [1.82, 2.24) is 19.7 Å². The van der Waals surface area contributed by atoms with Gasteiger partial charge < -0.3 is 0 Å². The molecule has 5 heteroatoms. The van der Waals surface area contributed by atoms with Crippen molar-refractivity contribution < 1.29 is 4.79 Å². The third kappa shape index (κ3) is 1.76. The van der Waals surface area contributed by atoms with Crippen molar-refractivity contribution >= 4 is 5.78 Å². The van der Waals surface area contributed by atoms with Crippen LogP contribution in [0, 0.1) is 6.92 Å². The molecule has 0 aliphatic heterocycles. The first-order valence-corrected chi connectivity index (χ1v) is 4.50. The molecule has 2 aromatic heterocycles. The first-order valence-electron chi connectivity index (χ1n) is 4.50. The maximum absolute atomic E-state index is 11.9. The molecule has 0 radical (unpaired) electrons. The fraction of sp³-hybridized carbons (Fsp3) is 0.200. The van der Waals surface area contributed by atoms with Gasteiger partial charge in [-0.2, -0.15) is 5.10 Å². The van der Waals surface area contributed by atoms with E-state index in [0.29, 0.717) is 11.5 Å². The molecular weight excluding hydrogens is 192 g/mol. The van der Waals surface area contributed by atoms with Gasteiger partial charge in [-0.1, -0.05) is 0 Å². The van der Waals surface area contributed by atoms with Gasteiger partial charge in [0.15, 0.2) is 0 Å². The summed E-state index contributed by atoms with van der Waals surface area (Å²) >= 11 is 0. The smallest absolute Gasteiger partial charge is 0.248 e. The van der Waals surface area contributed by atoms with Crippen LogP contribution in [0.3, 0.4) is 0 Å². The predicted octanol–water partition coefficient (Wildman–Crippen LogP) is 0.750. The minimum Gasteiger partial charge on any atom is -0.283 e. The molecule has 0 bridgehead atoms. The molecule has 0 unspecified atom stereocenters. The van der Waals surface area contributed by atoms with Crippen LogP contribution in [0.25, 0.3) is 0 Å². The van der Waals surface area contributed by atoms with Crippen LogP contribution in [-0.4, -0.2) is 25.5 Å². The molecule has 0 fully saturated rings. The van der Waals surface area contributed by atoms with Crippen molar-refractivity contribution in [2.45, 2.75) is 6.92 Å². The second-order valence-electron chi connectivity index (χ2n) is 3.25. The number of nitrogens with zero attached hydrogens (tertiary/aromatic N) is 4. The summed E-state index contributed by atoms with van der Waals surface area (Å²) in [6.07, 6.45) is 2.96. The lowest BCUT2D eigenvalue weighted by Crippen LogP contribution is -2.11. The van der Waals surface area contributed by atoms with Gasteiger partial charge in [0, 0.05) is 13.2 Å². The van der Waals surface area contributed by atoms with Gasteiger partial charge in [-0.05, 0) is 24.6 Å². The number of hydrogen-bond acceptors (Lipinski definition) is 4. The fourth-order valence-corrected chi connectivity index (χ4v) is 1.28. The Hall–Kier alpha value is -2.04. The van der Waals surface area contributed by atoms with Crippen LogP contribution in [0.15, 0.2) is 24.7 Å². The van der Waals surface area contributed by atoms with Crippen molar-refractivity contribution in [3.05, 3.63) is 41.7 Å².